The number of rotatable bonds is 5. The van der Waals surface area contributed by atoms with Crippen LogP contribution >= 0.6 is 0 Å². The SMILES string of the molecule is CNC(=O)C1CCCCN1Cc1cccc(Oc2ccccc2)c1. The van der Waals surface area contributed by atoms with Crippen molar-refractivity contribution in [2.45, 2.75) is 31.8 Å². The van der Waals surface area contributed by atoms with Crippen molar-refractivity contribution in [3.63, 3.8) is 0 Å². The van der Waals surface area contributed by atoms with Gasteiger partial charge >= 0.3 is 0 Å². The highest BCUT2D eigenvalue weighted by Gasteiger charge is 2.27. The van der Waals surface area contributed by atoms with Crippen LogP contribution in [0.2, 0.25) is 0 Å². The smallest absolute Gasteiger partial charge is 0.237 e. The van der Waals surface area contributed by atoms with Crippen LogP contribution in [0.15, 0.2) is 54.6 Å². The molecule has 2 aromatic carbocycles. The predicted octanol–water partition coefficient (Wildman–Crippen LogP) is 3.58. The van der Waals surface area contributed by atoms with Gasteiger partial charge in [0.1, 0.15) is 11.5 Å². The third-order valence-corrected chi connectivity index (χ3v) is 4.43. The molecular weight excluding hydrogens is 300 g/mol. The van der Waals surface area contributed by atoms with Gasteiger partial charge in [-0.3, -0.25) is 9.69 Å². The fourth-order valence-electron chi connectivity index (χ4n) is 3.21. The molecule has 2 aromatic rings. The topological polar surface area (TPSA) is 41.6 Å². The number of hydrogen-bond acceptors (Lipinski definition) is 3. The van der Waals surface area contributed by atoms with E-state index in [2.05, 4.69) is 22.3 Å². The van der Waals surface area contributed by atoms with E-state index in [4.69, 9.17) is 4.74 Å². The number of carbonyl (C=O) groups excluding carboxylic acids is 1. The van der Waals surface area contributed by atoms with Crippen LogP contribution in [0.3, 0.4) is 0 Å². The summed E-state index contributed by atoms with van der Waals surface area (Å²) in [5.41, 5.74) is 1.17. The molecule has 0 radical (unpaired) electrons. The number of para-hydroxylation sites is 1. The minimum Gasteiger partial charge on any atom is -0.457 e. The molecule has 1 amide bonds. The first-order chi connectivity index (χ1) is 11.8. The number of amides is 1. The number of ether oxygens (including phenoxy) is 1. The molecule has 1 heterocycles. The van der Waals surface area contributed by atoms with Crippen molar-refractivity contribution in [3.8, 4) is 11.5 Å². The van der Waals surface area contributed by atoms with Crippen molar-refractivity contribution < 1.29 is 9.53 Å². The van der Waals surface area contributed by atoms with Crippen LogP contribution < -0.4 is 10.1 Å². The summed E-state index contributed by atoms with van der Waals surface area (Å²) in [7, 11) is 1.71. The number of piperidine rings is 1. The summed E-state index contributed by atoms with van der Waals surface area (Å²) in [6.45, 7) is 1.73. The minimum absolute atomic E-state index is 0.0255. The van der Waals surface area contributed by atoms with Gasteiger partial charge in [-0.05, 0) is 49.2 Å². The van der Waals surface area contributed by atoms with Crippen LogP contribution in [0.1, 0.15) is 24.8 Å². The molecule has 126 valence electrons. The molecule has 24 heavy (non-hydrogen) atoms. The molecule has 1 atom stereocenters. The lowest BCUT2D eigenvalue weighted by atomic mass is 10.0. The summed E-state index contributed by atoms with van der Waals surface area (Å²) in [6, 6.07) is 17.9. The molecule has 0 saturated carbocycles. The molecule has 0 bridgehead atoms. The Labute approximate surface area is 143 Å². The standard InChI is InChI=1S/C20H24N2O2/c1-21-20(23)19-12-5-6-13-22(19)15-16-8-7-11-18(14-16)24-17-9-3-2-4-10-17/h2-4,7-11,14,19H,5-6,12-13,15H2,1H3,(H,21,23). The zero-order chi connectivity index (χ0) is 16.8. The molecule has 4 heteroatoms. The van der Waals surface area contributed by atoms with Crippen LogP contribution in [-0.2, 0) is 11.3 Å². The highest BCUT2D eigenvalue weighted by molar-refractivity contribution is 5.81. The number of nitrogens with one attached hydrogen (secondary N) is 1. The highest BCUT2D eigenvalue weighted by Crippen LogP contribution is 2.24. The van der Waals surface area contributed by atoms with E-state index in [9.17, 15) is 4.79 Å². The van der Waals surface area contributed by atoms with Gasteiger partial charge in [0.05, 0.1) is 6.04 Å². The lowest BCUT2D eigenvalue weighted by Gasteiger charge is -2.34. The van der Waals surface area contributed by atoms with Crippen molar-refractivity contribution in [1.29, 1.82) is 0 Å². The van der Waals surface area contributed by atoms with Gasteiger partial charge in [-0.25, -0.2) is 0 Å². The quantitative estimate of drug-likeness (QED) is 0.914. The normalized spacial score (nSPS) is 18.1. The van der Waals surface area contributed by atoms with Crippen LogP contribution in [0.25, 0.3) is 0 Å². The Kier molecular flexibility index (Phi) is 5.49. The van der Waals surface area contributed by atoms with E-state index in [0.29, 0.717) is 0 Å². The van der Waals surface area contributed by atoms with Gasteiger partial charge in [-0.2, -0.15) is 0 Å². The molecule has 1 saturated heterocycles. The summed E-state index contributed by atoms with van der Waals surface area (Å²) < 4.78 is 5.91. The van der Waals surface area contributed by atoms with Gasteiger partial charge in [-0.1, -0.05) is 36.8 Å². The summed E-state index contributed by atoms with van der Waals surface area (Å²) in [6.07, 6.45) is 3.19. The first-order valence-corrected chi connectivity index (χ1v) is 8.54. The number of hydrogen-bond donors (Lipinski definition) is 1. The monoisotopic (exact) mass is 324 g/mol. The van der Waals surface area contributed by atoms with Gasteiger partial charge in [0.15, 0.2) is 0 Å². The average Bonchev–Trinajstić information content (AvgIpc) is 2.63. The van der Waals surface area contributed by atoms with E-state index in [-0.39, 0.29) is 11.9 Å². The van der Waals surface area contributed by atoms with Crippen LogP contribution in [-0.4, -0.2) is 30.4 Å². The molecule has 1 fully saturated rings. The molecule has 1 aliphatic rings. The molecular formula is C20H24N2O2. The van der Waals surface area contributed by atoms with Crippen molar-refractivity contribution in [1.82, 2.24) is 10.2 Å². The summed E-state index contributed by atoms with van der Waals surface area (Å²) in [5, 5.41) is 2.79. The lowest BCUT2D eigenvalue weighted by Crippen LogP contribution is -2.48. The number of likely N-dealkylation sites (N-methyl/N-ethyl adjacent to an activating group) is 1. The van der Waals surface area contributed by atoms with E-state index in [0.717, 1.165) is 43.9 Å². The second kappa shape index (κ2) is 7.97. The summed E-state index contributed by atoms with van der Waals surface area (Å²) in [5.74, 6) is 1.77. The summed E-state index contributed by atoms with van der Waals surface area (Å²) >= 11 is 0. The second-order valence-corrected chi connectivity index (χ2v) is 6.16. The Morgan fingerprint density at radius 2 is 1.92 bits per heavy atom. The van der Waals surface area contributed by atoms with Crippen LogP contribution in [0, 0.1) is 0 Å². The Hall–Kier alpha value is -2.33. The molecule has 1 N–H and O–H groups in total. The molecule has 0 spiro atoms. The van der Waals surface area contributed by atoms with Crippen molar-refractivity contribution >= 4 is 5.91 Å². The minimum atomic E-state index is -0.0255. The Balaban J connectivity index is 1.70. The molecule has 1 unspecified atom stereocenters. The van der Waals surface area contributed by atoms with Crippen LogP contribution in [0.5, 0.6) is 11.5 Å². The Bertz CT molecular complexity index is 672. The van der Waals surface area contributed by atoms with E-state index in [1.54, 1.807) is 7.05 Å². The third-order valence-electron chi connectivity index (χ3n) is 4.43. The zero-order valence-corrected chi connectivity index (χ0v) is 14.1. The molecule has 0 aromatic heterocycles. The molecule has 4 nitrogen and oxygen atoms in total. The maximum atomic E-state index is 12.1. The number of benzene rings is 2. The molecule has 1 aliphatic heterocycles. The largest absolute Gasteiger partial charge is 0.457 e. The van der Waals surface area contributed by atoms with E-state index >= 15 is 0 Å². The zero-order valence-electron chi connectivity index (χ0n) is 14.1. The Morgan fingerprint density at radius 3 is 2.71 bits per heavy atom. The van der Waals surface area contributed by atoms with Crippen LogP contribution in [0.4, 0.5) is 0 Å². The van der Waals surface area contributed by atoms with Crippen molar-refractivity contribution in [3.05, 3.63) is 60.2 Å². The third kappa shape index (κ3) is 4.15. The second-order valence-electron chi connectivity index (χ2n) is 6.16. The van der Waals surface area contributed by atoms with E-state index in [1.807, 2.05) is 42.5 Å². The van der Waals surface area contributed by atoms with Gasteiger partial charge < -0.3 is 10.1 Å². The summed E-state index contributed by atoms with van der Waals surface area (Å²) in [4.78, 5) is 14.4. The first-order valence-electron chi connectivity index (χ1n) is 8.54. The maximum absolute atomic E-state index is 12.1. The first kappa shape index (κ1) is 16.5. The maximum Gasteiger partial charge on any atom is 0.237 e. The number of likely N-dealkylation sites (tertiary alicyclic amines) is 1. The molecule has 3 rings (SSSR count). The van der Waals surface area contributed by atoms with Gasteiger partial charge in [-0.15, -0.1) is 0 Å². The number of carbonyl (C=O) groups is 1. The molecule has 0 aliphatic carbocycles. The lowest BCUT2D eigenvalue weighted by molar-refractivity contribution is -0.127. The van der Waals surface area contributed by atoms with Crippen molar-refractivity contribution in [2.75, 3.05) is 13.6 Å². The van der Waals surface area contributed by atoms with Gasteiger partial charge in [0.2, 0.25) is 5.91 Å². The van der Waals surface area contributed by atoms with Crippen molar-refractivity contribution in [2.24, 2.45) is 0 Å². The van der Waals surface area contributed by atoms with E-state index in [1.165, 1.54) is 5.56 Å². The van der Waals surface area contributed by atoms with E-state index < -0.39 is 0 Å². The number of nitrogens with zero attached hydrogens (tertiary/aromatic N) is 1. The Morgan fingerprint density at radius 1 is 1.12 bits per heavy atom. The predicted molar refractivity (Wildman–Crippen MR) is 95.1 cm³/mol. The fraction of sp³-hybridized carbons (Fsp3) is 0.350. The van der Waals surface area contributed by atoms with Gasteiger partial charge in [0, 0.05) is 13.6 Å². The average molecular weight is 324 g/mol. The highest BCUT2D eigenvalue weighted by atomic mass is 16.5. The fourth-order valence-corrected chi connectivity index (χ4v) is 3.21. The van der Waals surface area contributed by atoms with Gasteiger partial charge in [0.25, 0.3) is 0 Å².